The van der Waals surface area contributed by atoms with Gasteiger partial charge in [-0.1, -0.05) is 27.7 Å². The summed E-state index contributed by atoms with van der Waals surface area (Å²) in [5.74, 6) is 0.590. The van der Waals surface area contributed by atoms with Gasteiger partial charge >= 0.3 is 5.97 Å². The van der Waals surface area contributed by atoms with Crippen molar-refractivity contribution in [2.45, 2.75) is 53.0 Å². The molecule has 0 atom stereocenters. The van der Waals surface area contributed by atoms with E-state index >= 15 is 0 Å². The van der Waals surface area contributed by atoms with Crippen LogP contribution in [0.5, 0.6) is 0 Å². The van der Waals surface area contributed by atoms with E-state index in [-0.39, 0.29) is 6.42 Å². The number of aliphatic carboxylic acids is 1. The Labute approximate surface area is 93.3 Å². The third-order valence-electron chi connectivity index (χ3n) is 2.28. The molecule has 0 spiro atoms. The maximum atomic E-state index is 10.4. The predicted octanol–water partition coefficient (Wildman–Crippen LogP) is 2.51. The highest BCUT2D eigenvalue weighted by atomic mass is 16.4. The summed E-state index contributed by atoms with van der Waals surface area (Å²) >= 11 is 0. The summed E-state index contributed by atoms with van der Waals surface area (Å²) in [5, 5.41) is 11.9. The predicted molar refractivity (Wildman–Crippen MR) is 63.0 cm³/mol. The lowest BCUT2D eigenvalue weighted by atomic mass is 9.95. The summed E-state index contributed by atoms with van der Waals surface area (Å²) in [6.45, 7) is 9.39. The molecular formula is C12H25NO2. The molecule has 0 aromatic heterocycles. The number of rotatable bonds is 8. The first kappa shape index (κ1) is 14.4. The van der Waals surface area contributed by atoms with E-state index in [0.29, 0.717) is 24.4 Å². The Morgan fingerprint density at radius 3 is 1.93 bits per heavy atom. The number of carboxylic acid groups (broad SMARTS) is 1. The average molecular weight is 215 g/mol. The third kappa shape index (κ3) is 9.73. The Hall–Kier alpha value is -0.570. The molecule has 0 radical (unpaired) electrons. The SMILES string of the molecule is CC(C)CC(CC(C)C)NCCC(=O)O. The largest absolute Gasteiger partial charge is 0.481 e. The molecule has 0 saturated carbocycles. The molecular weight excluding hydrogens is 190 g/mol. The number of carboxylic acids is 1. The smallest absolute Gasteiger partial charge is 0.304 e. The van der Waals surface area contributed by atoms with Crippen molar-refractivity contribution in [3.05, 3.63) is 0 Å². The summed E-state index contributed by atoms with van der Waals surface area (Å²) in [4.78, 5) is 10.4. The molecule has 0 amide bonds. The summed E-state index contributed by atoms with van der Waals surface area (Å²) in [7, 11) is 0. The molecule has 0 fully saturated rings. The van der Waals surface area contributed by atoms with Crippen LogP contribution in [0.2, 0.25) is 0 Å². The van der Waals surface area contributed by atoms with Crippen LogP contribution in [0, 0.1) is 11.8 Å². The molecule has 0 rings (SSSR count). The number of nitrogens with one attached hydrogen (secondary N) is 1. The molecule has 0 aliphatic rings. The van der Waals surface area contributed by atoms with Crippen LogP contribution in [-0.4, -0.2) is 23.7 Å². The van der Waals surface area contributed by atoms with Gasteiger partial charge in [-0.15, -0.1) is 0 Å². The van der Waals surface area contributed by atoms with Gasteiger partial charge in [0.05, 0.1) is 6.42 Å². The summed E-state index contributed by atoms with van der Waals surface area (Å²) in [6.07, 6.45) is 2.46. The van der Waals surface area contributed by atoms with Crippen molar-refractivity contribution in [3.63, 3.8) is 0 Å². The van der Waals surface area contributed by atoms with Crippen LogP contribution in [-0.2, 0) is 4.79 Å². The van der Waals surface area contributed by atoms with Crippen molar-refractivity contribution in [3.8, 4) is 0 Å². The zero-order chi connectivity index (χ0) is 11.8. The monoisotopic (exact) mass is 215 g/mol. The van der Waals surface area contributed by atoms with Crippen LogP contribution in [0.1, 0.15) is 47.0 Å². The quantitative estimate of drug-likeness (QED) is 0.654. The Bertz CT molecular complexity index is 168. The highest BCUT2D eigenvalue weighted by molar-refractivity contribution is 5.66. The van der Waals surface area contributed by atoms with Crippen LogP contribution in [0.15, 0.2) is 0 Å². The molecule has 0 heterocycles. The highest BCUT2D eigenvalue weighted by Gasteiger charge is 2.12. The maximum absolute atomic E-state index is 10.4. The van der Waals surface area contributed by atoms with E-state index in [9.17, 15) is 4.79 Å². The molecule has 2 N–H and O–H groups in total. The minimum absolute atomic E-state index is 0.215. The minimum atomic E-state index is -0.727. The van der Waals surface area contributed by atoms with E-state index in [1.165, 1.54) is 0 Å². The third-order valence-corrected chi connectivity index (χ3v) is 2.28. The van der Waals surface area contributed by atoms with Gasteiger partial charge in [0.25, 0.3) is 0 Å². The van der Waals surface area contributed by atoms with Crippen molar-refractivity contribution >= 4 is 5.97 Å². The maximum Gasteiger partial charge on any atom is 0.304 e. The van der Waals surface area contributed by atoms with Gasteiger partial charge in [-0.05, 0) is 24.7 Å². The van der Waals surface area contributed by atoms with Crippen LogP contribution < -0.4 is 5.32 Å². The van der Waals surface area contributed by atoms with Gasteiger partial charge in [0.15, 0.2) is 0 Å². The second-order valence-electron chi connectivity index (χ2n) is 5.05. The second kappa shape index (κ2) is 7.69. The lowest BCUT2D eigenvalue weighted by Gasteiger charge is -2.22. The van der Waals surface area contributed by atoms with Gasteiger partial charge in [-0.3, -0.25) is 4.79 Å². The first-order valence-corrected chi connectivity index (χ1v) is 5.87. The van der Waals surface area contributed by atoms with Gasteiger partial charge in [-0.25, -0.2) is 0 Å². The van der Waals surface area contributed by atoms with E-state index in [2.05, 4.69) is 33.0 Å². The number of hydrogen-bond donors (Lipinski definition) is 2. The van der Waals surface area contributed by atoms with Crippen molar-refractivity contribution in [2.75, 3.05) is 6.54 Å². The molecule has 0 unspecified atom stereocenters. The first-order valence-electron chi connectivity index (χ1n) is 5.87. The van der Waals surface area contributed by atoms with Crippen molar-refractivity contribution < 1.29 is 9.90 Å². The second-order valence-corrected chi connectivity index (χ2v) is 5.05. The molecule has 0 aliphatic carbocycles. The van der Waals surface area contributed by atoms with Crippen molar-refractivity contribution in [1.29, 1.82) is 0 Å². The molecule has 90 valence electrons. The van der Waals surface area contributed by atoms with E-state index in [1.54, 1.807) is 0 Å². The van der Waals surface area contributed by atoms with Gasteiger partial charge in [0, 0.05) is 12.6 Å². The highest BCUT2D eigenvalue weighted by Crippen LogP contribution is 2.13. The minimum Gasteiger partial charge on any atom is -0.481 e. The Balaban J connectivity index is 3.84. The van der Waals surface area contributed by atoms with E-state index in [1.807, 2.05) is 0 Å². The molecule has 0 bridgehead atoms. The average Bonchev–Trinajstić information content (AvgIpc) is 2.00. The summed E-state index contributed by atoms with van der Waals surface area (Å²) in [6, 6.07) is 0.462. The Kier molecular flexibility index (Phi) is 7.39. The first-order chi connectivity index (χ1) is 6.91. The number of hydrogen-bond acceptors (Lipinski definition) is 2. The molecule has 0 saturated heterocycles. The number of carbonyl (C=O) groups is 1. The standard InChI is InChI=1S/C12H25NO2/c1-9(2)7-11(8-10(3)4)13-6-5-12(14)15/h9-11,13H,5-8H2,1-4H3,(H,14,15). The van der Waals surface area contributed by atoms with E-state index in [0.717, 1.165) is 12.8 Å². The zero-order valence-corrected chi connectivity index (χ0v) is 10.4. The topological polar surface area (TPSA) is 49.3 Å². The Morgan fingerprint density at radius 1 is 1.13 bits per heavy atom. The molecule has 3 nitrogen and oxygen atoms in total. The molecule has 0 aromatic carbocycles. The fraction of sp³-hybridized carbons (Fsp3) is 0.917. The van der Waals surface area contributed by atoms with Crippen LogP contribution >= 0.6 is 0 Å². The molecule has 3 heteroatoms. The van der Waals surface area contributed by atoms with Crippen LogP contribution in [0.3, 0.4) is 0 Å². The van der Waals surface area contributed by atoms with Gasteiger partial charge in [0.1, 0.15) is 0 Å². The summed E-state index contributed by atoms with van der Waals surface area (Å²) in [5.41, 5.74) is 0. The molecule has 0 aliphatic heterocycles. The van der Waals surface area contributed by atoms with Gasteiger partial charge < -0.3 is 10.4 Å². The Morgan fingerprint density at radius 2 is 1.60 bits per heavy atom. The van der Waals surface area contributed by atoms with Crippen LogP contribution in [0.25, 0.3) is 0 Å². The fourth-order valence-corrected chi connectivity index (χ4v) is 1.78. The van der Waals surface area contributed by atoms with Crippen LogP contribution in [0.4, 0.5) is 0 Å². The summed E-state index contributed by atoms with van der Waals surface area (Å²) < 4.78 is 0. The normalized spacial score (nSPS) is 11.7. The van der Waals surface area contributed by atoms with E-state index in [4.69, 9.17) is 5.11 Å². The lowest BCUT2D eigenvalue weighted by Crippen LogP contribution is -2.33. The van der Waals surface area contributed by atoms with Crippen molar-refractivity contribution in [1.82, 2.24) is 5.32 Å². The van der Waals surface area contributed by atoms with E-state index < -0.39 is 5.97 Å². The molecule has 0 aromatic rings. The van der Waals surface area contributed by atoms with Gasteiger partial charge in [0.2, 0.25) is 0 Å². The zero-order valence-electron chi connectivity index (χ0n) is 10.4. The van der Waals surface area contributed by atoms with Gasteiger partial charge in [-0.2, -0.15) is 0 Å². The molecule has 15 heavy (non-hydrogen) atoms. The van der Waals surface area contributed by atoms with Crippen molar-refractivity contribution in [2.24, 2.45) is 11.8 Å². The lowest BCUT2D eigenvalue weighted by molar-refractivity contribution is -0.136. The fourth-order valence-electron chi connectivity index (χ4n) is 1.78.